The van der Waals surface area contributed by atoms with Gasteiger partial charge in [0.05, 0.1) is 28.3 Å². The van der Waals surface area contributed by atoms with Crippen molar-refractivity contribution < 1.29 is 4.74 Å². The second-order valence-corrected chi connectivity index (χ2v) is 15.3. The average molecular weight is 693 g/mol. The highest BCUT2D eigenvalue weighted by atomic mass is 79.9. The number of nitrogens with one attached hydrogen (secondary N) is 2. The lowest BCUT2D eigenvalue weighted by molar-refractivity contribution is 0.0188. The number of fused-ring (bicyclic) bond motifs is 1. The summed E-state index contributed by atoms with van der Waals surface area (Å²) in [6.07, 6.45) is 8.55. The predicted molar refractivity (Wildman–Crippen MR) is 191 cm³/mol. The van der Waals surface area contributed by atoms with Crippen molar-refractivity contribution in [3.8, 4) is 5.75 Å². The molecule has 0 unspecified atom stereocenters. The van der Waals surface area contributed by atoms with Gasteiger partial charge in [-0.2, -0.15) is 4.98 Å². The largest absolute Gasteiger partial charge is 0.494 e. The van der Waals surface area contributed by atoms with E-state index in [1.165, 1.54) is 37.2 Å². The molecule has 0 atom stereocenters. The number of piperidine rings is 1. The fourth-order valence-electron chi connectivity index (χ4n) is 6.38. The Kier molecular flexibility index (Phi) is 9.71. The number of rotatable bonds is 10. The summed E-state index contributed by atoms with van der Waals surface area (Å²) in [6, 6.07) is 9.80. The van der Waals surface area contributed by atoms with Crippen LogP contribution in [0.5, 0.6) is 5.75 Å². The molecule has 2 saturated heterocycles. The number of benzene rings is 2. The van der Waals surface area contributed by atoms with Crippen LogP contribution >= 0.6 is 23.9 Å². The molecule has 45 heavy (non-hydrogen) atoms. The molecule has 2 aromatic heterocycles. The summed E-state index contributed by atoms with van der Waals surface area (Å²) >= 11 is 3.65. The maximum atomic E-state index is 5.91. The fourth-order valence-corrected chi connectivity index (χ4v) is 7.88. The smallest absolute Gasteiger partial charge is 0.229 e. The molecule has 0 aliphatic carbocycles. The van der Waals surface area contributed by atoms with E-state index in [2.05, 4.69) is 109 Å². The van der Waals surface area contributed by atoms with Crippen LogP contribution in [0.25, 0.3) is 11.0 Å². The van der Waals surface area contributed by atoms with Crippen molar-refractivity contribution in [3.63, 3.8) is 0 Å². The van der Waals surface area contributed by atoms with Gasteiger partial charge < -0.3 is 25.2 Å². The van der Waals surface area contributed by atoms with Crippen molar-refractivity contribution in [3.05, 3.63) is 52.9 Å². The highest BCUT2D eigenvalue weighted by molar-refractivity contribution is 9.10. The zero-order valence-electron chi connectivity index (χ0n) is 27.0. The van der Waals surface area contributed by atoms with Crippen molar-refractivity contribution in [1.82, 2.24) is 29.7 Å². The summed E-state index contributed by atoms with van der Waals surface area (Å²) in [5, 5.41) is 8.14. The van der Waals surface area contributed by atoms with Crippen molar-refractivity contribution in [2.45, 2.75) is 38.3 Å². The van der Waals surface area contributed by atoms with Crippen LogP contribution < -0.4 is 25.6 Å². The van der Waals surface area contributed by atoms with Gasteiger partial charge in [-0.05, 0) is 86.4 Å². The van der Waals surface area contributed by atoms with E-state index in [1.54, 1.807) is 25.7 Å². The molecule has 2 aliphatic rings. The molecule has 12 heteroatoms. The Hall–Kier alpha value is -3.11. The third-order valence-electron chi connectivity index (χ3n) is 9.03. The van der Waals surface area contributed by atoms with E-state index >= 15 is 0 Å². The van der Waals surface area contributed by atoms with Crippen LogP contribution in [0.1, 0.15) is 25.3 Å². The van der Waals surface area contributed by atoms with Crippen molar-refractivity contribution in [2.24, 2.45) is 0 Å². The predicted octanol–water partition coefficient (Wildman–Crippen LogP) is 5.82. The molecule has 0 radical (unpaired) electrons. The molecule has 238 valence electrons. The quantitative estimate of drug-likeness (QED) is 0.198. The molecule has 10 nitrogen and oxygen atoms in total. The highest BCUT2D eigenvalue weighted by Gasteiger charge is 2.35. The number of likely N-dealkylation sites (tertiary alicyclic amines) is 1. The van der Waals surface area contributed by atoms with Crippen molar-refractivity contribution in [2.75, 3.05) is 76.2 Å². The Morgan fingerprint density at radius 2 is 1.78 bits per heavy atom. The highest BCUT2D eigenvalue weighted by Crippen LogP contribution is 2.38. The van der Waals surface area contributed by atoms with Crippen LogP contribution in [0.15, 0.2) is 47.3 Å². The minimum atomic E-state index is -0.463. The van der Waals surface area contributed by atoms with Crippen LogP contribution in [0.2, 0.25) is 0 Å². The normalized spacial score (nSPS) is 16.4. The molecule has 2 N–H and O–H groups in total. The average Bonchev–Trinajstić information content (AvgIpc) is 3.01. The van der Waals surface area contributed by atoms with Gasteiger partial charge in [0.1, 0.15) is 11.6 Å². The number of ether oxygens (including phenoxy) is 1. The first kappa shape index (κ1) is 31.9. The van der Waals surface area contributed by atoms with E-state index in [9.17, 15) is 0 Å². The maximum Gasteiger partial charge on any atom is 0.229 e. The Labute approximate surface area is 275 Å². The third kappa shape index (κ3) is 6.73. The molecule has 4 aromatic rings. The molecule has 6 rings (SSSR count). The van der Waals surface area contributed by atoms with Crippen LogP contribution in [0.4, 0.5) is 28.8 Å². The molecule has 0 spiro atoms. The molecule has 2 aromatic carbocycles. The van der Waals surface area contributed by atoms with E-state index in [1.807, 2.05) is 6.07 Å². The summed E-state index contributed by atoms with van der Waals surface area (Å²) in [6.45, 7) is 11.2. The van der Waals surface area contributed by atoms with E-state index in [4.69, 9.17) is 9.72 Å². The lowest BCUT2D eigenvalue weighted by Gasteiger charge is -2.49. The second kappa shape index (κ2) is 13.7. The van der Waals surface area contributed by atoms with Crippen molar-refractivity contribution >= 4 is 69.0 Å². The van der Waals surface area contributed by atoms with Crippen LogP contribution in [-0.2, 0) is 6.42 Å². The molecule has 0 bridgehead atoms. The lowest BCUT2D eigenvalue weighted by Crippen LogP contribution is -2.62. The summed E-state index contributed by atoms with van der Waals surface area (Å²) in [5.41, 5.74) is 6.17. The number of hydrogen-bond donors (Lipinski definition) is 2. The molecule has 2 fully saturated rings. The number of aromatic nitrogens is 4. The summed E-state index contributed by atoms with van der Waals surface area (Å²) < 4.78 is 6.68. The third-order valence-corrected chi connectivity index (χ3v) is 11.0. The number of hydrogen-bond acceptors (Lipinski definition) is 10. The van der Waals surface area contributed by atoms with Crippen LogP contribution in [0.3, 0.4) is 0 Å². The van der Waals surface area contributed by atoms with Crippen LogP contribution in [-0.4, -0.2) is 103 Å². The number of nitrogens with zero attached hydrogens (tertiary/aromatic N) is 7. The summed E-state index contributed by atoms with van der Waals surface area (Å²) in [5.74, 6) is 1.93. The van der Waals surface area contributed by atoms with Gasteiger partial charge in [-0.3, -0.25) is 14.9 Å². The number of anilines is 5. The number of likely N-dealkylation sites (N-methyl/N-ethyl adjacent to an activating group) is 1. The minimum absolute atomic E-state index is 0.463. The zero-order valence-corrected chi connectivity index (χ0v) is 29.5. The van der Waals surface area contributed by atoms with Crippen LogP contribution in [0, 0.1) is 0 Å². The second-order valence-electron chi connectivity index (χ2n) is 12.2. The SMILES string of the molecule is CCc1cc(Nc2ncc(Br)c(Nc3ccc4nccnc4c3P(C)C)n2)c(OC)cc1N1CCC(N2CC(N(C)C)C2)CC1. The fraction of sp³-hybridized carbons (Fsp3) is 0.455. The molecule has 0 amide bonds. The molecular formula is C33H43BrN9OP. The standard InChI is InChI=1S/C33H43BrN9OP/c1-7-21-16-27(29(44-4)17-28(21)42-14-10-22(11-15-42)43-19-23(20-43)41(2)3)39-33-37-18-24(34)32(40-33)38-26-9-8-25-30(31(26)45(5)6)36-13-12-35-25/h8-9,12-13,16-18,22-23H,7,10-11,14-15,19-20H2,1-6H3,(H2,37,38,39,40). The van der Waals surface area contributed by atoms with Gasteiger partial charge in [-0.1, -0.05) is 14.8 Å². The zero-order chi connectivity index (χ0) is 31.7. The van der Waals surface area contributed by atoms with E-state index < -0.39 is 7.92 Å². The summed E-state index contributed by atoms with van der Waals surface area (Å²) in [7, 11) is 5.63. The van der Waals surface area contributed by atoms with Gasteiger partial charge in [0.25, 0.3) is 0 Å². The summed E-state index contributed by atoms with van der Waals surface area (Å²) in [4.78, 5) is 26.1. The minimum Gasteiger partial charge on any atom is -0.494 e. The van der Waals surface area contributed by atoms with Crippen molar-refractivity contribution in [1.29, 1.82) is 0 Å². The van der Waals surface area contributed by atoms with Gasteiger partial charge in [0.2, 0.25) is 5.95 Å². The molecule has 0 saturated carbocycles. The Balaban J connectivity index is 1.20. The molecule has 2 aliphatic heterocycles. The number of methoxy groups -OCH3 is 1. The first-order chi connectivity index (χ1) is 21.7. The van der Waals surface area contributed by atoms with Gasteiger partial charge in [0, 0.05) is 79.6 Å². The Morgan fingerprint density at radius 1 is 1.02 bits per heavy atom. The Bertz CT molecular complexity index is 1660. The monoisotopic (exact) mass is 691 g/mol. The van der Waals surface area contributed by atoms with Gasteiger partial charge in [-0.15, -0.1) is 0 Å². The molecular weight excluding hydrogens is 649 g/mol. The van der Waals surface area contributed by atoms with E-state index in [-0.39, 0.29) is 0 Å². The molecule has 4 heterocycles. The van der Waals surface area contributed by atoms with Gasteiger partial charge in [0.15, 0.2) is 0 Å². The first-order valence-corrected chi connectivity index (χ1v) is 18.6. The van der Waals surface area contributed by atoms with E-state index in [0.29, 0.717) is 23.8 Å². The number of aryl methyl sites for hydroxylation is 1. The lowest BCUT2D eigenvalue weighted by atomic mass is 9.96. The van der Waals surface area contributed by atoms with Gasteiger partial charge >= 0.3 is 0 Å². The first-order valence-electron chi connectivity index (χ1n) is 15.6. The van der Waals surface area contributed by atoms with E-state index in [0.717, 1.165) is 57.4 Å². The number of halogens is 1. The van der Waals surface area contributed by atoms with Gasteiger partial charge in [-0.25, -0.2) is 4.98 Å². The topological polar surface area (TPSA) is 94.6 Å². The maximum absolute atomic E-state index is 5.91. The Morgan fingerprint density at radius 3 is 2.47 bits per heavy atom.